The van der Waals surface area contributed by atoms with Crippen molar-refractivity contribution in [3.63, 3.8) is 0 Å². The van der Waals surface area contributed by atoms with E-state index in [1.165, 1.54) is 11.0 Å². The van der Waals surface area contributed by atoms with E-state index in [1.54, 1.807) is 11.0 Å². The quantitative estimate of drug-likeness (QED) is 0.657. The fourth-order valence-electron chi connectivity index (χ4n) is 4.75. The molecule has 2 aliphatic heterocycles. The third-order valence-electron chi connectivity index (χ3n) is 6.75. The Morgan fingerprint density at radius 1 is 1.09 bits per heavy atom. The molecular formula is C25H27F2N3O4. The minimum absolute atomic E-state index is 0.119. The lowest BCUT2D eigenvalue weighted by atomic mass is 9.84. The van der Waals surface area contributed by atoms with E-state index in [2.05, 4.69) is 4.98 Å². The number of halogens is 2. The molecule has 3 aliphatic rings. The van der Waals surface area contributed by atoms with E-state index in [-0.39, 0.29) is 11.6 Å². The number of alkyl halides is 2. The number of ether oxygens (including phenoxy) is 1. The smallest absolute Gasteiger partial charge is 0.308 e. The van der Waals surface area contributed by atoms with Crippen LogP contribution in [0.2, 0.25) is 0 Å². The Morgan fingerprint density at radius 2 is 1.82 bits per heavy atom. The highest BCUT2D eigenvalue weighted by atomic mass is 19.3. The highest BCUT2D eigenvalue weighted by molar-refractivity contribution is 5.94. The molecule has 3 fully saturated rings. The highest BCUT2D eigenvalue weighted by Crippen LogP contribution is 2.40. The molecule has 9 heteroatoms. The zero-order valence-electron chi connectivity index (χ0n) is 18.7. The number of rotatable bonds is 7. The Bertz CT molecular complexity index is 1070. The van der Waals surface area contributed by atoms with E-state index >= 15 is 0 Å². The van der Waals surface area contributed by atoms with Crippen molar-refractivity contribution in [2.75, 3.05) is 31.1 Å². The van der Waals surface area contributed by atoms with Gasteiger partial charge in [0, 0.05) is 6.54 Å². The Balaban J connectivity index is 1.45. The maximum atomic E-state index is 13.6. The zero-order valence-corrected chi connectivity index (χ0v) is 18.7. The monoisotopic (exact) mass is 471 g/mol. The number of amides is 1. The molecule has 34 heavy (non-hydrogen) atoms. The number of carbonyl (C=O) groups is 2. The van der Waals surface area contributed by atoms with E-state index in [0.29, 0.717) is 37.6 Å². The molecule has 2 unspecified atom stereocenters. The third kappa shape index (κ3) is 4.56. The summed E-state index contributed by atoms with van der Waals surface area (Å²) in [6, 6.07) is 11.7. The first kappa shape index (κ1) is 22.6. The molecule has 7 nitrogen and oxygen atoms in total. The van der Waals surface area contributed by atoms with Crippen LogP contribution in [-0.4, -0.2) is 59.0 Å². The summed E-state index contributed by atoms with van der Waals surface area (Å²) < 4.78 is 32.8. The normalized spacial score (nSPS) is 23.8. The number of hydrogen-bond donors (Lipinski definition) is 1. The third-order valence-corrected chi connectivity index (χ3v) is 6.75. The molecule has 0 radical (unpaired) electrons. The highest BCUT2D eigenvalue weighted by Gasteiger charge is 2.45. The van der Waals surface area contributed by atoms with Crippen LogP contribution in [0.25, 0.3) is 0 Å². The molecule has 1 aromatic carbocycles. The second-order valence-electron chi connectivity index (χ2n) is 9.43. The minimum atomic E-state index is -2.75. The van der Waals surface area contributed by atoms with Crippen LogP contribution in [0.3, 0.4) is 0 Å². The molecule has 1 N–H and O–H groups in total. The number of hydrogen-bond acceptors (Lipinski definition) is 5. The van der Waals surface area contributed by atoms with Crippen molar-refractivity contribution < 1.29 is 28.2 Å². The molecule has 2 aromatic rings. The summed E-state index contributed by atoms with van der Waals surface area (Å²) in [6.45, 7) is 0.00998. The Kier molecular flexibility index (Phi) is 5.87. The first-order chi connectivity index (χ1) is 16.3. The van der Waals surface area contributed by atoms with Gasteiger partial charge in [-0.1, -0.05) is 30.3 Å². The van der Waals surface area contributed by atoms with Gasteiger partial charge >= 0.3 is 5.97 Å². The molecule has 0 spiro atoms. The number of anilines is 1. The van der Waals surface area contributed by atoms with Gasteiger partial charge in [-0.25, -0.2) is 13.8 Å². The van der Waals surface area contributed by atoms with E-state index in [0.717, 1.165) is 18.4 Å². The predicted molar refractivity (Wildman–Crippen MR) is 120 cm³/mol. The number of carboxylic acid groups (broad SMARTS) is 1. The SMILES string of the molecule is O=C(O)C1CCCN(C(=O)c2ccc(N3CC(F)(F)C3)c(OCC3CC3)n2)C1c1ccccc1. The number of benzene rings is 1. The molecule has 3 heterocycles. The molecule has 1 amide bonds. The number of carboxylic acids is 1. The average molecular weight is 472 g/mol. The molecule has 1 saturated carbocycles. The summed E-state index contributed by atoms with van der Waals surface area (Å²) >= 11 is 0. The molecule has 2 atom stereocenters. The summed E-state index contributed by atoms with van der Waals surface area (Å²) in [5.74, 6) is -4.21. The van der Waals surface area contributed by atoms with Crippen molar-refractivity contribution in [1.29, 1.82) is 0 Å². The summed E-state index contributed by atoms with van der Waals surface area (Å²) in [4.78, 5) is 33.1. The lowest BCUT2D eigenvalue weighted by Crippen LogP contribution is -2.56. The standard InChI is InChI=1S/C25H27F2N3O4/c26-25(27)14-29(15-25)20-11-10-19(28-22(20)34-13-16-8-9-16)23(31)30-12-4-7-18(24(32)33)21(30)17-5-2-1-3-6-17/h1-3,5-6,10-11,16,18,21H,4,7-9,12-15H2,(H,32,33). The van der Waals surface area contributed by atoms with Crippen LogP contribution in [0.5, 0.6) is 5.88 Å². The van der Waals surface area contributed by atoms with Crippen LogP contribution in [0.4, 0.5) is 14.5 Å². The first-order valence-electron chi connectivity index (χ1n) is 11.7. The van der Waals surface area contributed by atoms with Crippen LogP contribution >= 0.6 is 0 Å². The molecular weight excluding hydrogens is 444 g/mol. The fraction of sp³-hybridized carbons (Fsp3) is 0.480. The maximum absolute atomic E-state index is 13.6. The van der Waals surface area contributed by atoms with Crippen LogP contribution in [0, 0.1) is 11.8 Å². The van der Waals surface area contributed by atoms with Crippen molar-refractivity contribution in [3.8, 4) is 5.88 Å². The van der Waals surface area contributed by atoms with Gasteiger partial charge in [0.2, 0.25) is 5.88 Å². The molecule has 180 valence electrons. The number of aromatic nitrogens is 1. The molecule has 0 bridgehead atoms. The summed E-state index contributed by atoms with van der Waals surface area (Å²) in [5.41, 5.74) is 1.33. The van der Waals surface area contributed by atoms with Gasteiger partial charge in [0.05, 0.1) is 31.7 Å². The number of aliphatic carboxylic acids is 1. The van der Waals surface area contributed by atoms with Gasteiger partial charge < -0.3 is 19.6 Å². The van der Waals surface area contributed by atoms with E-state index in [4.69, 9.17) is 4.74 Å². The predicted octanol–water partition coefficient (Wildman–Crippen LogP) is 4.00. The van der Waals surface area contributed by atoms with Gasteiger partial charge in [0.15, 0.2) is 0 Å². The fourth-order valence-corrected chi connectivity index (χ4v) is 4.75. The molecule has 1 aromatic heterocycles. The second-order valence-corrected chi connectivity index (χ2v) is 9.43. The van der Waals surface area contributed by atoms with Crippen molar-refractivity contribution in [2.45, 2.75) is 37.6 Å². The van der Waals surface area contributed by atoms with Gasteiger partial charge in [-0.2, -0.15) is 0 Å². The summed E-state index contributed by atoms with van der Waals surface area (Å²) in [7, 11) is 0. The molecule has 1 aliphatic carbocycles. The largest absolute Gasteiger partial charge is 0.481 e. The van der Waals surface area contributed by atoms with E-state index < -0.39 is 42.8 Å². The van der Waals surface area contributed by atoms with E-state index in [1.807, 2.05) is 30.3 Å². The lowest BCUT2D eigenvalue weighted by molar-refractivity contribution is -0.145. The van der Waals surface area contributed by atoms with Crippen molar-refractivity contribution >= 4 is 17.6 Å². The Morgan fingerprint density at radius 3 is 2.47 bits per heavy atom. The number of likely N-dealkylation sites (tertiary alicyclic amines) is 1. The van der Waals surface area contributed by atoms with Crippen LogP contribution in [0.1, 0.15) is 47.8 Å². The van der Waals surface area contributed by atoms with Crippen molar-refractivity contribution in [2.24, 2.45) is 11.8 Å². The minimum Gasteiger partial charge on any atom is -0.481 e. The van der Waals surface area contributed by atoms with Gasteiger partial charge in [0.25, 0.3) is 11.8 Å². The zero-order chi connectivity index (χ0) is 23.9. The average Bonchev–Trinajstić information content (AvgIpc) is 3.65. The number of carbonyl (C=O) groups excluding carboxylic acids is 1. The molecule has 2 saturated heterocycles. The van der Waals surface area contributed by atoms with Crippen LogP contribution in [0.15, 0.2) is 42.5 Å². The van der Waals surface area contributed by atoms with Gasteiger partial charge in [0.1, 0.15) is 11.4 Å². The van der Waals surface area contributed by atoms with Crippen LogP contribution in [-0.2, 0) is 4.79 Å². The maximum Gasteiger partial charge on any atom is 0.308 e. The summed E-state index contributed by atoms with van der Waals surface area (Å²) in [5, 5.41) is 9.85. The number of piperidine rings is 1. The topological polar surface area (TPSA) is 83.0 Å². The van der Waals surface area contributed by atoms with Crippen molar-refractivity contribution in [1.82, 2.24) is 9.88 Å². The lowest BCUT2D eigenvalue weighted by Gasteiger charge is -2.41. The number of nitrogens with zero attached hydrogens (tertiary/aromatic N) is 3. The Labute approximate surface area is 196 Å². The second kappa shape index (κ2) is 8.85. The van der Waals surface area contributed by atoms with Gasteiger partial charge in [-0.3, -0.25) is 9.59 Å². The number of pyridine rings is 1. The van der Waals surface area contributed by atoms with Crippen molar-refractivity contribution in [3.05, 3.63) is 53.7 Å². The van der Waals surface area contributed by atoms with Gasteiger partial charge in [-0.15, -0.1) is 0 Å². The van der Waals surface area contributed by atoms with Crippen LogP contribution < -0.4 is 9.64 Å². The van der Waals surface area contributed by atoms with Gasteiger partial charge in [-0.05, 0) is 49.3 Å². The Hall–Kier alpha value is -3.23. The summed E-state index contributed by atoms with van der Waals surface area (Å²) in [6.07, 6.45) is 3.15. The molecule has 5 rings (SSSR count). The first-order valence-corrected chi connectivity index (χ1v) is 11.7. The van der Waals surface area contributed by atoms with E-state index in [9.17, 15) is 23.5 Å².